The molecule has 0 aliphatic heterocycles. The van der Waals surface area contributed by atoms with Crippen molar-refractivity contribution in [3.63, 3.8) is 0 Å². The molecule has 2 rings (SSSR count). The SMILES string of the molecule is CC(C)(C)C1(C(=O)O)CC=Cc2ccccc21. The van der Waals surface area contributed by atoms with Crippen LogP contribution in [0.2, 0.25) is 0 Å². The van der Waals surface area contributed by atoms with Crippen LogP contribution >= 0.6 is 0 Å². The molecule has 0 heterocycles. The fraction of sp³-hybridized carbons (Fsp3) is 0.400. The Kier molecular flexibility index (Phi) is 2.61. The van der Waals surface area contributed by atoms with Gasteiger partial charge in [0, 0.05) is 0 Å². The topological polar surface area (TPSA) is 37.3 Å². The lowest BCUT2D eigenvalue weighted by Gasteiger charge is -2.43. The summed E-state index contributed by atoms with van der Waals surface area (Å²) in [4.78, 5) is 11.9. The minimum Gasteiger partial charge on any atom is -0.481 e. The summed E-state index contributed by atoms with van der Waals surface area (Å²) in [7, 11) is 0. The molecule has 1 unspecified atom stereocenters. The van der Waals surface area contributed by atoms with Crippen LogP contribution in [0, 0.1) is 5.41 Å². The molecule has 0 spiro atoms. The van der Waals surface area contributed by atoms with E-state index in [4.69, 9.17) is 0 Å². The maximum absolute atomic E-state index is 11.9. The zero-order valence-electron chi connectivity index (χ0n) is 10.5. The number of carboxylic acids is 1. The first kappa shape index (κ1) is 11.9. The Bertz CT molecular complexity index is 480. The number of carbonyl (C=O) groups is 1. The second-order valence-corrected chi connectivity index (χ2v) is 5.65. The third-order valence-electron chi connectivity index (χ3n) is 3.79. The van der Waals surface area contributed by atoms with Crippen molar-refractivity contribution in [2.24, 2.45) is 5.41 Å². The summed E-state index contributed by atoms with van der Waals surface area (Å²) in [5.74, 6) is -0.734. The molecule has 2 nitrogen and oxygen atoms in total. The average molecular weight is 230 g/mol. The van der Waals surface area contributed by atoms with Gasteiger partial charge in [0.2, 0.25) is 0 Å². The normalized spacial score (nSPS) is 23.2. The van der Waals surface area contributed by atoms with Crippen molar-refractivity contribution in [1.29, 1.82) is 0 Å². The predicted octanol–water partition coefficient (Wildman–Crippen LogP) is 3.47. The van der Waals surface area contributed by atoms with Gasteiger partial charge in [-0.2, -0.15) is 0 Å². The molecule has 1 N–H and O–H groups in total. The summed E-state index contributed by atoms with van der Waals surface area (Å²) in [5, 5.41) is 9.74. The molecule has 0 aromatic heterocycles. The van der Waals surface area contributed by atoms with Crippen molar-refractivity contribution in [1.82, 2.24) is 0 Å². The molecule has 0 saturated heterocycles. The first-order valence-electron chi connectivity index (χ1n) is 5.89. The Labute approximate surface area is 102 Å². The highest BCUT2D eigenvalue weighted by molar-refractivity contribution is 5.86. The number of rotatable bonds is 1. The van der Waals surface area contributed by atoms with Gasteiger partial charge in [-0.1, -0.05) is 57.2 Å². The van der Waals surface area contributed by atoms with Crippen molar-refractivity contribution in [2.75, 3.05) is 0 Å². The zero-order valence-corrected chi connectivity index (χ0v) is 10.5. The van der Waals surface area contributed by atoms with Gasteiger partial charge >= 0.3 is 5.97 Å². The maximum atomic E-state index is 11.9. The summed E-state index contributed by atoms with van der Waals surface area (Å²) in [6, 6.07) is 7.79. The number of fused-ring (bicyclic) bond motifs is 1. The fourth-order valence-electron chi connectivity index (χ4n) is 2.74. The minimum absolute atomic E-state index is 0.320. The van der Waals surface area contributed by atoms with E-state index in [0.717, 1.165) is 11.1 Å². The van der Waals surface area contributed by atoms with Gasteiger partial charge in [0.05, 0.1) is 0 Å². The predicted molar refractivity (Wildman–Crippen MR) is 68.9 cm³/mol. The molecule has 1 atom stereocenters. The van der Waals surface area contributed by atoms with E-state index in [-0.39, 0.29) is 5.41 Å². The average Bonchev–Trinajstić information content (AvgIpc) is 2.26. The number of hydrogen-bond acceptors (Lipinski definition) is 1. The van der Waals surface area contributed by atoms with Crippen LogP contribution in [0.3, 0.4) is 0 Å². The van der Waals surface area contributed by atoms with Crippen molar-refractivity contribution in [2.45, 2.75) is 32.6 Å². The van der Waals surface area contributed by atoms with Gasteiger partial charge < -0.3 is 5.11 Å². The minimum atomic E-state index is -0.821. The molecule has 0 radical (unpaired) electrons. The summed E-state index contributed by atoms with van der Waals surface area (Å²) < 4.78 is 0. The van der Waals surface area contributed by atoms with Gasteiger partial charge in [0.1, 0.15) is 5.41 Å². The van der Waals surface area contributed by atoms with Gasteiger partial charge in [-0.15, -0.1) is 0 Å². The first-order chi connectivity index (χ1) is 7.89. The van der Waals surface area contributed by atoms with Crippen LogP contribution in [0.25, 0.3) is 6.08 Å². The van der Waals surface area contributed by atoms with Crippen LogP contribution in [-0.2, 0) is 10.2 Å². The molecule has 1 aromatic carbocycles. The summed E-state index contributed by atoms with van der Waals surface area (Å²) in [6.07, 6.45) is 4.55. The molecule has 0 fully saturated rings. The van der Waals surface area contributed by atoms with E-state index in [9.17, 15) is 9.90 Å². The number of hydrogen-bond donors (Lipinski definition) is 1. The van der Waals surface area contributed by atoms with Crippen LogP contribution in [0.4, 0.5) is 0 Å². The van der Waals surface area contributed by atoms with E-state index in [0.29, 0.717) is 6.42 Å². The Morgan fingerprint density at radius 3 is 2.53 bits per heavy atom. The molecule has 0 bridgehead atoms. The van der Waals surface area contributed by atoms with Gasteiger partial charge in [-0.25, -0.2) is 0 Å². The highest BCUT2D eigenvalue weighted by Gasteiger charge is 2.51. The van der Waals surface area contributed by atoms with E-state index >= 15 is 0 Å². The van der Waals surface area contributed by atoms with Crippen LogP contribution < -0.4 is 0 Å². The monoisotopic (exact) mass is 230 g/mol. The Balaban J connectivity index is 2.73. The van der Waals surface area contributed by atoms with E-state index < -0.39 is 11.4 Å². The molecule has 2 heteroatoms. The highest BCUT2D eigenvalue weighted by Crippen LogP contribution is 2.48. The van der Waals surface area contributed by atoms with Gasteiger partial charge in [-0.05, 0) is 23.0 Å². The van der Waals surface area contributed by atoms with Gasteiger partial charge in [0.25, 0.3) is 0 Å². The Morgan fingerprint density at radius 2 is 1.94 bits per heavy atom. The number of carboxylic acid groups (broad SMARTS) is 1. The summed E-state index contributed by atoms with van der Waals surface area (Å²) in [6.45, 7) is 5.99. The molecule has 17 heavy (non-hydrogen) atoms. The number of benzene rings is 1. The van der Waals surface area contributed by atoms with Crippen molar-refractivity contribution in [3.05, 3.63) is 41.5 Å². The molecule has 90 valence electrons. The third kappa shape index (κ3) is 1.59. The van der Waals surface area contributed by atoms with Crippen LogP contribution in [0.1, 0.15) is 38.3 Å². The second-order valence-electron chi connectivity index (χ2n) is 5.65. The number of aliphatic carboxylic acids is 1. The largest absolute Gasteiger partial charge is 0.481 e. The Hall–Kier alpha value is -1.57. The zero-order chi connectivity index (χ0) is 12.7. The van der Waals surface area contributed by atoms with Crippen LogP contribution in [0.5, 0.6) is 0 Å². The summed E-state index contributed by atoms with van der Waals surface area (Å²) >= 11 is 0. The lowest BCUT2D eigenvalue weighted by atomic mass is 9.58. The van der Waals surface area contributed by atoms with Crippen molar-refractivity contribution < 1.29 is 9.90 Å². The van der Waals surface area contributed by atoms with E-state index in [1.54, 1.807) is 0 Å². The molecule has 1 aliphatic carbocycles. The molecule has 1 aromatic rings. The highest BCUT2D eigenvalue weighted by atomic mass is 16.4. The lowest BCUT2D eigenvalue weighted by Crippen LogP contribution is -2.48. The van der Waals surface area contributed by atoms with Crippen LogP contribution in [-0.4, -0.2) is 11.1 Å². The van der Waals surface area contributed by atoms with Gasteiger partial charge in [-0.3, -0.25) is 4.79 Å². The van der Waals surface area contributed by atoms with Gasteiger partial charge in [0.15, 0.2) is 0 Å². The lowest BCUT2D eigenvalue weighted by molar-refractivity contribution is -0.148. The second kappa shape index (κ2) is 3.73. The van der Waals surface area contributed by atoms with Crippen LogP contribution in [0.15, 0.2) is 30.3 Å². The van der Waals surface area contributed by atoms with E-state index in [1.165, 1.54) is 0 Å². The molecule has 0 amide bonds. The first-order valence-corrected chi connectivity index (χ1v) is 5.89. The third-order valence-corrected chi connectivity index (χ3v) is 3.79. The molecular formula is C15H18O2. The summed E-state index contributed by atoms with van der Waals surface area (Å²) in [5.41, 5.74) is 0.816. The molecule has 1 aliphatic rings. The Morgan fingerprint density at radius 1 is 1.29 bits per heavy atom. The van der Waals surface area contributed by atoms with E-state index in [2.05, 4.69) is 0 Å². The quantitative estimate of drug-likeness (QED) is 0.802. The fourth-order valence-corrected chi connectivity index (χ4v) is 2.74. The smallest absolute Gasteiger partial charge is 0.315 e. The molecular weight excluding hydrogens is 212 g/mol. The standard InChI is InChI=1S/C15H18O2/c1-14(2,3)15(13(16)17)10-6-8-11-7-4-5-9-12(11)15/h4-9H,10H2,1-3H3,(H,16,17). The number of allylic oxidation sites excluding steroid dienone is 1. The molecule has 0 saturated carbocycles. The van der Waals surface area contributed by atoms with Crippen molar-refractivity contribution in [3.8, 4) is 0 Å². The van der Waals surface area contributed by atoms with E-state index in [1.807, 2.05) is 57.2 Å². The maximum Gasteiger partial charge on any atom is 0.315 e. The van der Waals surface area contributed by atoms with Crippen molar-refractivity contribution >= 4 is 12.0 Å².